The Kier molecular flexibility index (Phi) is 8.27. The van der Waals surface area contributed by atoms with Crippen molar-refractivity contribution < 1.29 is 32.5 Å². The number of hydrogen-bond acceptors (Lipinski definition) is 4. The fourth-order valence-electron chi connectivity index (χ4n) is 5.20. The highest BCUT2D eigenvalue weighted by Crippen LogP contribution is 2.43. The van der Waals surface area contributed by atoms with E-state index < -0.39 is 18.1 Å². The summed E-state index contributed by atoms with van der Waals surface area (Å²) < 4.78 is 50.5. The van der Waals surface area contributed by atoms with E-state index in [4.69, 9.17) is 14.6 Å². The molecule has 1 fully saturated rings. The molecule has 1 heterocycles. The highest BCUT2D eigenvalue weighted by Gasteiger charge is 2.40. The summed E-state index contributed by atoms with van der Waals surface area (Å²) in [6.45, 7) is 1.55. The summed E-state index contributed by atoms with van der Waals surface area (Å²) in [5.74, 6) is -0.743. The Morgan fingerprint density at radius 2 is 1.59 bits per heavy atom. The highest BCUT2D eigenvalue weighted by molar-refractivity contribution is 6.01. The van der Waals surface area contributed by atoms with Crippen LogP contribution >= 0.6 is 0 Å². The van der Waals surface area contributed by atoms with Crippen molar-refractivity contribution >= 4 is 16.7 Å². The SMILES string of the molecule is COc1cc(CCN2CCC(C(F)(F)F)CC2)cc(OC)c1-c1cccc2c(CCC(=O)O)cccc12. The van der Waals surface area contributed by atoms with Crippen molar-refractivity contribution in [2.45, 2.75) is 38.3 Å². The van der Waals surface area contributed by atoms with Gasteiger partial charge in [-0.15, -0.1) is 0 Å². The average molecular weight is 516 g/mol. The molecule has 0 bridgehead atoms. The molecule has 0 radical (unpaired) electrons. The minimum absolute atomic E-state index is 0.0541. The second-order valence-electron chi connectivity index (χ2n) is 9.49. The van der Waals surface area contributed by atoms with Gasteiger partial charge in [0.1, 0.15) is 11.5 Å². The Bertz CT molecular complexity index is 1220. The number of carboxylic acid groups (broad SMARTS) is 1. The summed E-state index contributed by atoms with van der Waals surface area (Å²) in [7, 11) is 3.21. The normalized spacial score (nSPS) is 15.2. The Morgan fingerprint density at radius 1 is 0.973 bits per heavy atom. The largest absolute Gasteiger partial charge is 0.496 e. The van der Waals surface area contributed by atoms with Crippen LogP contribution < -0.4 is 9.47 Å². The lowest BCUT2D eigenvalue weighted by Crippen LogP contribution is -2.39. The maximum Gasteiger partial charge on any atom is 0.391 e. The number of likely N-dealkylation sites (tertiary alicyclic amines) is 1. The van der Waals surface area contributed by atoms with Crippen LogP contribution in [-0.2, 0) is 17.6 Å². The zero-order valence-corrected chi connectivity index (χ0v) is 21.1. The minimum atomic E-state index is -4.11. The van der Waals surface area contributed by atoms with E-state index in [1.807, 2.05) is 48.5 Å². The molecule has 0 aromatic heterocycles. The number of ether oxygens (including phenoxy) is 2. The van der Waals surface area contributed by atoms with Gasteiger partial charge < -0.3 is 19.5 Å². The molecule has 0 atom stereocenters. The third-order valence-electron chi connectivity index (χ3n) is 7.22. The van der Waals surface area contributed by atoms with Gasteiger partial charge in [-0.05, 0) is 78.4 Å². The number of aliphatic carboxylic acids is 1. The molecule has 3 aromatic rings. The van der Waals surface area contributed by atoms with Gasteiger partial charge in [0.05, 0.1) is 25.7 Å². The van der Waals surface area contributed by atoms with Gasteiger partial charge in [0.2, 0.25) is 0 Å². The Morgan fingerprint density at radius 3 is 2.19 bits per heavy atom. The summed E-state index contributed by atoms with van der Waals surface area (Å²) in [5, 5.41) is 11.1. The van der Waals surface area contributed by atoms with E-state index in [1.54, 1.807) is 14.2 Å². The molecule has 0 amide bonds. The molecule has 5 nitrogen and oxygen atoms in total. The van der Waals surface area contributed by atoms with Crippen molar-refractivity contribution in [3.05, 3.63) is 59.7 Å². The topological polar surface area (TPSA) is 59.0 Å². The number of methoxy groups -OCH3 is 2. The maximum atomic E-state index is 13.0. The van der Waals surface area contributed by atoms with Crippen molar-refractivity contribution in [1.29, 1.82) is 0 Å². The zero-order chi connectivity index (χ0) is 26.6. The van der Waals surface area contributed by atoms with Crippen LogP contribution in [0.3, 0.4) is 0 Å². The number of halogens is 3. The van der Waals surface area contributed by atoms with Crippen molar-refractivity contribution in [1.82, 2.24) is 4.90 Å². The second-order valence-corrected chi connectivity index (χ2v) is 9.49. The van der Waals surface area contributed by atoms with Crippen LogP contribution in [-0.4, -0.2) is 56.0 Å². The van der Waals surface area contributed by atoms with Crippen molar-refractivity contribution in [2.24, 2.45) is 5.92 Å². The number of carboxylic acids is 1. The van der Waals surface area contributed by atoms with Gasteiger partial charge in [-0.1, -0.05) is 36.4 Å². The molecule has 1 aliphatic rings. The van der Waals surface area contributed by atoms with Gasteiger partial charge in [0.15, 0.2) is 0 Å². The standard InChI is InChI=1S/C29H32F3NO4/c1-36-25-17-19(11-14-33-15-12-21(13-16-33)29(30,31)32)18-26(37-2)28(25)24-8-4-6-22-20(9-10-27(34)35)5-3-7-23(22)24/h3-8,17-18,21H,9-16H2,1-2H3,(H,34,35). The Labute approximate surface area is 214 Å². The Balaban J connectivity index is 1.60. The lowest BCUT2D eigenvalue weighted by atomic mass is 9.92. The summed E-state index contributed by atoms with van der Waals surface area (Å²) in [6.07, 6.45) is -2.67. The third kappa shape index (κ3) is 6.18. The van der Waals surface area contributed by atoms with E-state index in [9.17, 15) is 18.0 Å². The zero-order valence-electron chi connectivity index (χ0n) is 21.1. The van der Waals surface area contributed by atoms with E-state index in [0.717, 1.165) is 33.0 Å². The van der Waals surface area contributed by atoms with Crippen LogP contribution in [0, 0.1) is 5.92 Å². The van der Waals surface area contributed by atoms with E-state index >= 15 is 0 Å². The average Bonchev–Trinajstić information content (AvgIpc) is 2.89. The summed E-state index contributed by atoms with van der Waals surface area (Å²) in [6, 6.07) is 15.7. The van der Waals surface area contributed by atoms with Gasteiger partial charge in [0, 0.05) is 13.0 Å². The molecular formula is C29H32F3NO4. The number of fused-ring (bicyclic) bond motifs is 1. The third-order valence-corrected chi connectivity index (χ3v) is 7.22. The van der Waals surface area contributed by atoms with E-state index in [-0.39, 0.29) is 19.3 Å². The molecule has 1 saturated heterocycles. The van der Waals surface area contributed by atoms with Gasteiger partial charge in [-0.2, -0.15) is 13.2 Å². The van der Waals surface area contributed by atoms with Gasteiger partial charge >= 0.3 is 12.1 Å². The number of hydrogen-bond donors (Lipinski definition) is 1. The van der Waals surface area contributed by atoms with Crippen molar-refractivity contribution in [3.63, 3.8) is 0 Å². The first-order chi connectivity index (χ1) is 17.7. The van der Waals surface area contributed by atoms with Crippen LogP contribution in [0.5, 0.6) is 11.5 Å². The number of carbonyl (C=O) groups is 1. The fourth-order valence-corrected chi connectivity index (χ4v) is 5.20. The van der Waals surface area contributed by atoms with E-state index in [2.05, 4.69) is 4.90 Å². The van der Waals surface area contributed by atoms with Crippen LogP contribution in [0.1, 0.15) is 30.4 Å². The molecule has 1 aliphatic heterocycles. The van der Waals surface area contributed by atoms with E-state index in [0.29, 0.717) is 44.0 Å². The molecule has 0 saturated carbocycles. The molecule has 0 aliphatic carbocycles. The predicted molar refractivity (Wildman–Crippen MR) is 137 cm³/mol. The molecule has 0 unspecified atom stereocenters. The molecule has 37 heavy (non-hydrogen) atoms. The van der Waals surface area contributed by atoms with E-state index in [1.165, 1.54) is 0 Å². The van der Waals surface area contributed by atoms with Crippen LogP contribution in [0.2, 0.25) is 0 Å². The van der Waals surface area contributed by atoms with Crippen LogP contribution in [0.25, 0.3) is 21.9 Å². The Hall–Kier alpha value is -3.26. The summed E-state index contributed by atoms with van der Waals surface area (Å²) >= 11 is 0. The quantitative estimate of drug-likeness (QED) is 0.360. The lowest BCUT2D eigenvalue weighted by Gasteiger charge is -2.32. The van der Waals surface area contributed by atoms with Crippen LogP contribution in [0.15, 0.2) is 48.5 Å². The van der Waals surface area contributed by atoms with Gasteiger partial charge in [0.25, 0.3) is 0 Å². The molecular weight excluding hydrogens is 483 g/mol. The summed E-state index contributed by atoms with van der Waals surface area (Å²) in [5.41, 5.74) is 3.67. The number of aryl methyl sites for hydroxylation is 1. The predicted octanol–water partition coefficient (Wildman–Crippen LogP) is 6.36. The first-order valence-corrected chi connectivity index (χ1v) is 12.5. The number of alkyl halides is 3. The van der Waals surface area contributed by atoms with Gasteiger partial charge in [-0.3, -0.25) is 4.79 Å². The highest BCUT2D eigenvalue weighted by atomic mass is 19.4. The second kappa shape index (κ2) is 11.4. The fraction of sp³-hybridized carbons (Fsp3) is 0.414. The number of rotatable bonds is 9. The molecule has 3 aromatic carbocycles. The lowest BCUT2D eigenvalue weighted by molar-refractivity contribution is -0.185. The first-order valence-electron chi connectivity index (χ1n) is 12.5. The van der Waals surface area contributed by atoms with Crippen molar-refractivity contribution in [3.8, 4) is 22.6 Å². The monoisotopic (exact) mass is 515 g/mol. The first kappa shape index (κ1) is 26.8. The minimum Gasteiger partial charge on any atom is -0.496 e. The molecule has 198 valence electrons. The van der Waals surface area contributed by atoms with Crippen LogP contribution in [0.4, 0.5) is 13.2 Å². The smallest absolute Gasteiger partial charge is 0.391 e. The van der Waals surface area contributed by atoms with Crippen molar-refractivity contribution in [2.75, 3.05) is 33.9 Å². The molecule has 8 heteroatoms. The summed E-state index contributed by atoms with van der Waals surface area (Å²) in [4.78, 5) is 13.2. The molecule has 0 spiro atoms. The van der Waals surface area contributed by atoms with Gasteiger partial charge in [-0.25, -0.2) is 0 Å². The number of nitrogens with zero attached hydrogens (tertiary/aromatic N) is 1. The molecule has 1 N–H and O–H groups in total. The number of piperidine rings is 1. The molecule has 4 rings (SSSR count). The number of benzene rings is 3. The maximum absolute atomic E-state index is 13.0.